The Morgan fingerprint density at radius 1 is 0.513 bits per heavy atom. The summed E-state index contributed by atoms with van der Waals surface area (Å²) in [4.78, 5) is 41.4. The number of carbonyl (C=O) groups is 3. The number of aromatic nitrogens is 8. The number of anilines is 1. The number of aryl methyl sites for hydroxylation is 17. The number of halogens is 5. The van der Waals surface area contributed by atoms with Crippen LogP contribution in [0.5, 0.6) is 0 Å². The molecule has 604 valence electrons. The van der Waals surface area contributed by atoms with Gasteiger partial charge in [0, 0.05) is 32.3 Å². The van der Waals surface area contributed by atoms with Gasteiger partial charge in [0.05, 0.1) is 79.4 Å². The van der Waals surface area contributed by atoms with Crippen LogP contribution in [0.4, 0.5) is 11.4 Å². The van der Waals surface area contributed by atoms with Crippen LogP contribution < -0.4 is 103 Å². The van der Waals surface area contributed by atoms with Crippen molar-refractivity contribution >= 4 is 87.3 Å². The minimum atomic E-state index is -1.53. The molecule has 0 atom stereocenters. The van der Waals surface area contributed by atoms with Crippen LogP contribution in [0.1, 0.15) is 118 Å². The van der Waals surface area contributed by atoms with Gasteiger partial charge in [0.15, 0.2) is 17.9 Å². The second-order valence-electron chi connectivity index (χ2n) is 29.3. The standard InChI is InChI=1S/C23H28N2O2.C21H25N2.C19H18P.C11H20N2O2.C6H8N2O2.C5H7Cl2N2.C4H6N2.BrH.ClH.HI/c1-14-10-16(3)20(17(4)11-14)24-8-7-9-25(22(24)23(26)27)21-18(5)12-15(2)13-19(21)6;1-14-9-16(3)20(17(4)10-14)22-7-8-23(13-22)21-18(5)11-15(2)12-19(21)6;1-20(17-11-5-2-6-12-17,18-13-7-3-8-14-18)19-15-9-4-10-16-19;1-8(2)12-6-5-7-13(9(3)4)10(12)11(14)15;1-7-3-4-8(2)5(7)6(9)10;1-8-3-9(2)5(7)4(8)6;1-6-3-2-5-4-6;;;/h10-13H,7-9H2,1-6H3;7-13H,1-6H3;2-16H,1H3;8-9H,5-7H2,1-4H3;3-4H,1-2H3;3H,1-2H3;2-4H,1H3;3*1H/q;2*+1;;;+1;;;;/p-3. The van der Waals surface area contributed by atoms with Gasteiger partial charge in [-0.2, -0.15) is 0 Å². The number of rotatable bonds is 12. The summed E-state index contributed by atoms with van der Waals surface area (Å²) in [6.07, 6.45) is 18.9. The molecule has 7 aromatic carbocycles. The van der Waals surface area contributed by atoms with Gasteiger partial charge in [-0.3, -0.25) is 9.48 Å². The Morgan fingerprint density at radius 2 is 0.938 bits per heavy atom. The number of hydrogen-bond donors (Lipinski definition) is 0. The quantitative estimate of drug-likeness (QED) is 0.101. The molecule has 6 heterocycles. The van der Waals surface area contributed by atoms with E-state index in [1.54, 1.807) is 48.1 Å². The Balaban J connectivity index is 0.000000289. The first-order valence-electron chi connectivity index (χ1n) is 37.2. The second kappa shape index (κ2) is 44.2. The van der Waals surface area contributed by atoms with Crippen molar-refractivity contribution in [2.45, 2.75) is 136 Å². The van der Waals surface area contributed by atoms with Crippen molar-refractivity contribution in [3.8, 4) is 11.4 Å². The van der Waals surface area contributed by atoms with Crippen molar-refractivity contribution < 1.29 is 106 Å². The number of carboxylic acid groups (broad SMARTS) is 3. The summed E-state index contributed by atoms with van der Waals surface area (Å²) in [5, 5.41) is 39.2. The highest BCUT2D eigenvalue weighted by Crippen LogP contribution is 2.51. The largest absolute Gasteiger partial charge is 1.00 e. The molecule has 0 unspecified atom stereocenters. The summed E-state index contributed by atoms with van der Waals surface area (Å²) in [5.74, 6) is -2.59. The van der Waals surface area contributed by atoms with Crippen LogP contribution in [0, 0.1) is 83.1 Å². The highest BCUT2D eigenvalue weighted by Gasteiger charge is 2.40. The molecule has 24 heteroatoms. The zero-order valence-corrected chi connectivity index (χ0v) is 76.4. The number of imidazole rings is 4. The molecule has 0 bridgehead atoms. The fraction of sp³-hybridized carbons (Fsp3) is 0.337. The van der Waals surface area contributed by atoms with Gasteiger partial charge in [-0.15, -0.1) is 0 Å². The summed E-state index contributed by atoms with van der Waals surface area (Å²) < 4.78 is 16.7. The molecule has 0 fully saturated rings. The van der Waals surface area contributed by atoms with Gasteiger partial charge in [-0.05, 0) is 215 Å². The van der Waals surface area contributed by atoms with Gasteiger partial charge in [0.2, 0.25) is 6.33 Å². The predicted molar refractivity (Wildman–Crippen MR) is 442 cm³/mol. The molecule has 0 amide bonds. The fourth-order valence-corrected chi connectivity index (χ4v) is 18.4. The Bertz CT molecular complexity index is 4760. The average Bonchev–Trinajstić information content (AvgIpc) is 1.75. The van der Waals surface area contributed by atoms with E-state index >= 15 is 0 Å². The number of carbonyl (C=O) groups excluding carboxylic acids is 3. The highest BCUT2D eigenvalue weighted by atomic mass is 127. The smallest absolute Gasteiger partial charge is 0.305 e. The third kappa shape index (κ3) is 24.9. The molecule has 0 saturated heterocycles. The third-order valence-corrected chi connectivity index (χ3v) is 24.4. The second-order valence-corrected chi connectivity index (χ2v) is 33.6. The van der Waals surface area contributed by atoms with Gasteiger partial charge >= 0.3 is 11.7 Å². The number of benzene rings is 7. The molecule has 13 rings (SSSR count). The van der Waals surface area contributed by atoms with Crippen molar-refractivity contribution in [1.29, 1.82) is 0 Å². The van der Waals surface area contributed by atoms with E-state index in [0.717, 1.165) is 59.6 Å². The van der Waals surface area contributed by atoms with Crippen molar-refractivity contribution in [3.63, 3.8) is 0 Å². The number of aromatic carboxylic acids is 1. The molecule has 0 N–H and O–H groups in total. The molecular formula is C89H112BrCl3IN12O6P. The molecule has 0 radical (unpaired) electrons. The lowest BCUT2D eigenvalue weighted by Crippen LogP contribution is -3.00. The molecule has 11 aromatic rings. The van der Waals surface area contributed by atoms with E-state index in [9.17, 15) is 29.7 Å². The molecule has 0 spiro atoms. The van der Waals surface area contributed by atoms with Crippen molar-refractivity contribution in [3.05, 3.63) is 279 Å². The summed E-state index contributed by atoms with van der Waals surface area (Å²) in [7, 11) is 7.41. The van der Waals surface area contributed by atoms with E-state index < -0.39 is 25.2 Å². The minimum absolute atomic E-state index is 0. The molecule has 18 nitrogen and oxygen atoms in total. The normalized spacial score (nSPS) is 12.3. The fourth-order valence-electron chi connectivity index (χ4n) is 14.9. The lowest BCUT2D eigenvalue weighted by Gasteiger charge is -2.31. The molecule has 0 saturated carbocycles. The van der Waals surface area contributed by atoms with Gasteiger partial charge in [-0.25, -0.2) is 41.9 Å². The van der Waals surface area contributed by atoms with E-state index in [1.165, 1.54) is 80.9 Å². The van der Waals surface area contributed by atoms with E-state index in [2.05, 4.69) is 234 Å². The maximum atomic E-state index is 12.3. The molecule has 113 heavy (non-hydrogen) atoms. The monoisotopic (exact) mass is 1790 g/mol. The number of aliphatic carboxylic acids is 2. The summed E-state index contributed by atoms with van der Waals surface area (Å²) in [6.45, 7) is 38.7. The van der Waals surface area contributed by atoms with Crippen molar-refractivity contribution in [2.75, 3.05) is 37.7 Å². The summed E-state index contributed by atoms with van der Waals surface area (Å²) in [6, 6.07) is 50.5. The van der Waals surface area contributed by atoms with Gasteiger partial charge < -0.3 is 87.6 Å². The van der Waals surface area contributed by atoms with E-state index in [0.29, 0.717) is 29.2 Å². The number of nitrogens with zero attached hydrogens (tertiary/aromatic N) is 12. The Labute approximate surface area is 714 Å². The molecule has 4 aromatic heterocycles. The van der Waals surface area contributed by atoms with Crippen LogP contribution in [-0.2, 0) is 44.8 Å². The van der Waals surface area contributed by atoms with Crippen LogP contribution in [0.3, 0.4) is 0 Å². The maximum absolute atomic E-state index is 12.3. The van der Waals surface area contributed by atoms with Crippen LogP contribution in [0.15, 0.2) is 196 Å². The molecule has 2 aliphatic rings. The number of hydrogen-bond acceptors (Lipinski definition) is 9. The van der Waals surface area contributed by atoms with Crippen LogP contribution in [0.2, 0.25) is 10.3 Å². The number of carboxylic acids is 3. The first-order chi connectivity index (χ1) is 52.0. The average molecular weight is 1790 g/mol. The number of amidine groups is 2. The minimum Gasteiger partial charge on any atom is -1.00 e. The Hall–Kier alpha value is -8.76. The van der Waals surface area contributed by atoms with Gasteiger partial charge in [-0.1, -0.05) is 125 Å². The van der Waals surface area contributed by atoms with Crippen molar-refractivity contribution in [2.24, 2.45) is 35.2 Å². The van der Waals surface area contributed by atoms with Crippen LogP contribution in [-0.4, -0.2) is 112 Å². The van der Waals surface area contributed by atoms with E-state index in [1.807, 2.05) is 113 Å². The SMILES string of the molecule is CC(C)N1CCC[N+](C(C)C)=C1C(=O)[O-].C[P+](c1ccccc1)(c1ccccc1)c1ccccc1.Cc1cc(C)c(-n2cc[n+](-c3c(C)cc(C)cc3C)c2)c(C)c1.Cc1cc(C)c(N2CCC[N+](c3c(C)cc(C)cc3C)=C2C(=O)[O-])c(C)c1.Cn1c[n+](C)c(Cl)c1Cl.Cn1cc[n+](C)c1C(=O)[O-].Cn1ccnc1.[Br-].[Cl-].[I-]. The van der Waals surface area contributed by atoms with E-state index in [4.69, 9.17) is 23.2 Å². The molecule has 2 aliphatic heterocycles. The van der Waals surface area contributed by atoms with Gasteiger partial charge in [0.25, 0.3) is 22.5 Å². The zero-order chi connectivity index (χ0) is 81.2. The first-order valence-corrected chi connectivity index (χ1v) is 40.2. The lowest BCUT2D eigenvalue weighted by molar-refractivity contribution is -0.675. The van der Waals surface area contributed by atoms with Crippen LogP contribution in [0.25, 0.3) is 11.4 Å². The highest BCUT2D eigenvalue weighted by molar-refractivity contribution is 7.95. The zero-order valence-electron chi connectivity index (χ0n) is 69.5. The topological polar surface area (TPSA) is 177 Å². The summed E-state index contributed by atoms with van der Waals surface area (Å²) in [5.41, 5.74) is 19.1. The van der Waals surface area contributed by atoms with Gasteiger partial charge in [0.1, 0.15) is 70.7 Å². The Kier molecular flexibility index (Phi) is 37.8. The molecule has 0 aliphatic carbocycles. The van der Waals surface area contributed by atoms with Crippen molar-refractivity contribution in [1.82, 2.24) is 28.2 Å². The third-order valence-electron chi connectivity index (χ3n) is 19.4. The Morgan fingerprint density at radius 3 is 1.27 bits per heavy atom. The van der Waals surface area contributed by atoms with Crippen LogP contribution >= 0.6 is 30.5 Å². The van der Waals surface area contributed by atoms with E-state index in [-0.39, 0.29) is 77.1 Å². The lowest BCUT2D eigenvalue weighted by atomic mass is 10.0. The summed E-state index contributed by atoms with van der Waals surface area (Å²) >= 11 is 11.4. The molecular weight excluding hydrogens is 1680 g/mol. The maximum Gasteiger partial charge on any atom is 0.305 e. The first kappa shape index (κ1) is 96.6. The predicted octanol–water partition coefficient (Wildman–Crippen LogP) is 1.93.